The monoisotopic (exact) mass is 477 g/mol. The van der Waals surface area contributed by atoms with Crippen LogP contribution in [-0.2, 0) is 14.6 Å². The lowest BCUT2D eigenvalue weighted by molar-refractivity contribution is -0.118. The molecule has 0 bridgehead atoms. The van der Waals surface area contributed by atoms with Crippen LogP contribution < -0.4 is 10.1 Å². The normalized spacial score (nSPS) is 11.3. The van der Waals surface area contributed by atoms with E-state index in [-0.39, 0.29) is 23.3 Å². The van der Waals surface area contributed by atoms with E-state index in [4.69, 9.17) is 9.26 Å². The van der Waals surface area contributed by atoms with Crippen LogP contribution in [0, 0.1) is 13.8 Å². The number of ether oxygens (including phenoxy) is 1. The van der Waals surface area contributed by atoms with Crippen LogP contribution >= 0.6 is 0 Å². The smallest absolute Gasteiger partial charge is 0.262 e. The first-order valence-corrected chi connectivity index (χ1v) is 12.3. The van der Waals surface area contributed by atoms with E-state index < -0.39 is 9.84 Å². The number of sulfone groups is 1. The number of aryl methyl sites for hydroxylation is 2. The topological polar surface area (TPSA) is 111 Å². The van der Waals surface area contributed by atoms with Crippen molar-refractivity contribution in [1.29, 1.82) is 0 Å². The van der Waals surface area contributed by atoms with Crippen molar-refractivity contribution in [2.24, 2.45) is 0 Å². The summed E-state index contributed by atoms with van der Waals surface area (Å²) in [6.07, 6.45) is 1.15. The molecule has 1 heterocycles. The molecule has 174 valence electrons. The molecule has 4 rings (SSSR count). The minimum atomic E-state index is -3.30. The highest BCUT2D eigenvalue weighted by Crippen LogP contribution is 2.30. The van der Waals surface area contributed by atoms with Crippen LogP contribution in [0.3, 0.4) is 0 Å². The van der Waals surface area contributed by atoms with E-state index in [0.717, 1.165) is 23.1 Å². The quantitative estimate of drug-likeness (QED) is 0.419. The van der Waals surface area contributed by atoms with Crippen molar-refractivity contribution in [3.63, 3.8) is 0 Å². The van der Waals surface area contributed by atoms with Crippen LogP contribution in [-0.4, -0.2) is 37.3 Å². The van der Waals surface area contributed by atoms with E-state index in [9.17, 15) is 13.2 Å². The molecule has 0 spiro atoms. The van der Waals surface area contributed by atoms with Crippen LogP contribution in [0.5, 0.6) is 5.75 Å². The Morgan fingerprint density at radius 1 is 0.971 bits per heavy atom. The Labute approximate surface area is 197 Å². The number of carbonyl (C=O) groups is 1. The fourth-order valence-corrected chi connectivity index (χ4v) is 4.03. The number of aromatic nitrogens is 2. The molecule has 0 fully saturated rings. The summed E-state index contributed by atoms with van der Waals surface area (Å²) >= 11 is 0. The number of nitrogens with one attached hydrogen (secondary N) is 1. The first kappa shape index (κ1) is 23.2. The van der Waals surface area contributed by atoms with Crippen LogP contribution in [0.4, 0.5) is 5.69 Å². The first-order chi connectivity index (χ1) is 16.2. The Hall–Kier alpha value is -3.98. The molecule has 0 aliphatic carbocycles. The average molecular weight is 478 g/mol. The summed E-state index contributed by atoms with van der Waals surface area (Å²) in [6, 6.07) is 19.1. The molecular weight excluding hydrogens is 454 g/mol. The summed E-state index contributed by atoms with van der Waals surface area (Å²) in [5.74, 6) is 0.650. The molecule has 1 aromatic heterocycles. The fourth-order valence-electron chi connectivity index (χ4n) is 3.40. The molecule has 9 heteroatoms. The molecule has 1 N–H and O–H groups in total. The number of hydrogen-bond acceptors (Lipinski definition) is 7. The molecule has 4 aromatic rings. The minimum absolute atomic E-state index is 0.196. The molecule has 3 aromatic carbocycles. The van der Waals surface area contributed by atoms with Gasteiger partial charge in [-0.1, -0.05) is 35.5 Å². The summed E-state index contributed by atoms with van der Waals surface area (Å²) in [6.45, 7) is 3.67. The zero-order valence-electron chi connectivity index (χ0n) is 18.9. The maximum Gasteiger partial charge on any atom is 0.262 e. The maximum atomic E-state index is 12.5. The average Bonchev–Trinajstić information content (AvgIpc) is 3.30. The third kappa shape index (κ3) is 5.15. The molecule has 8 nitrogen and oxygen atoms in total. The van der Waals surface area contributed by atoms with Gasteiger partial charge in [0.05, 0.1) is 10.5 Å². The number of nitrogens with zero attached hydrogens (tertiary/aromatic N) is 2. The van der Waals surface area contributed by atoms with Crippen molar-refractivity contribution in [2.75, 3.05) is 18.2 Å². The maximum absolute atomic E-state index is 12.5. The van der Waals surface area contributed by atoms with Crippen molar-refractivity contribution < 1.29 is 22.5 Å². The van der Waals surface area contributed by atoms with Gasteiger partial charge in [-0.2, -0.15) is 4.98 Å². The number of hydrogen-bond donors (Lipinski definition) is 1. The second kappa shape index (κ2) is 9.48. The number of anilines is 1. The van der Waals surface area contributed by atoms with E-state index in [1.807, 2.05) is 32.0 Å². The Morgan fingerprint density at radius 3 is 2.32 bits per heavy atom. The van der Waals surface area contributed by atoms with Crippen molar-refractivity contribution in [3.05, 3.63) is 77.9 Å². The Balaban J connectivity index is 1.50. The summed E-state index contributed by atoms with van der Waals surface area (Å²) in [7, 11) is -3.30. The molecule has 0 atom stereocenters. The number of rotatable bonds is 7. The standard InChI is InChI=1S/C25H23N3O5S/c1-16-7-6-8-17(2)23(16)26-22(29)15-32-21-10-5-4-9-20(21)25-27-24(28-33-25)18-11-13-19(14-12-18)34(3,30)31/h4-14H,15H2,1-3H3,(H,26,29). The lowest BCUT2D eigenvalue weighted by atomic mass is 10.1. The number of para-hydroxylation sites is 2. The first-order valence-electron chi connectivity index (χ1n) is 10.4. The van der Waals surface area contributed by atoms with Gasteiger partial charge in [0.2, 0.25) is 5.82 Å². The molecular formula is C25H23N3O5S. The van der Waals surface area contributed by atoms with Crippen molar-refractivity contribution in [1.82, 2.24) is 10.1 Å². The van der Waals surface area contributed by atoms with E-state index in [2.05, 4.69) is 15.5 Å². The Kier molecular flexibility index (Phi) is 6.47. The molecule has 1 amide bonds. The highest BCUT2D eigenvalue weighted by atomic mass is 32.2. The summed E-state index contributed by atoms with van der Waals surface area (Å²) in [5, 5.41) is 6.89. The van der Waals surface area contributed by atoms with E-state index in [1.54, 1.807) is 36.4 Å². The zero-order chi connectivity index (χ0) is 24.3. The van der Waals surface area contributed by atoms with Crippen LogP contribution in [0.2, 0.25) is 0 Å². The number of benzene rings is 3. The molecule has 0 radical (unpaired) electrons. The van der Waals surface area contributed by atoms with Crippen LogP contribution in [0.1, 0.15) is 11.1 Å². The largest absolute Gasteiger partial charge is 0.483 e. The molecule has 0 aliphatic heterocycles. The molecule has 0 unspecified atom stereocenters. The predicted molar refractivity (Wildman–Crippen MR) is 128 cm³/mol. The van der Waals surface area contributed by atoms with Crippen LogP contribution in [0.15, 0.2) is 76.1 Å². The minimum Gasteiger partial charge on any atom is -0.483 e. The van der Waals surface area contributed by atoms with E-state index >= 15 is 0 Å². The van der Waals surface area contributed by atoms with Crippen molar-refractivity contribution >= 4 is 21.4 Å². The van der Waals surface area contributed by atoms with Gasteiger partial charge in [0, 0.05) is 17.5 Å². The lowest BCUT2D eigenvalue weighted by Gasteiger charge is -2.13. The fraction of sp³-hybridized carbons (Fsp3) is 0.160. The van der Waals surface area contributed by atoms with Gasteiger partial charge in [0.15, 0.2) is 16.4 Å². The van der Waals surface area contributed by atoms with Crippen molar-refractivity contribution in [2.45, 2.75) is 18.7 Å². The SMILES string of the molecule is Cc1cccc(C)c1NC(=O)COc1ccccc1-c1nc(-c2ccc(S(C)(=O)=O)cc2)no1. The number of carbonyl (C=O) groups excluding carboxylic acids is 1. The summed E-state index contributed by atoms with van der Waals surface area (Å²) in [4.78, 5) is 17.1. The van der Waals surface area contributed by atoms with Gasteiger partial charge < -0.3 is 14.6 Å². The number of amides is 1. The third-order valence-corrected chi connectivity index (χ3v) is 6.32. The zero-order valence-corrected chi connectivity index (χ0v) is 19.7. The third-order valence-electron chi connectivity index (χ3n) is 5.19. The van der Waals surface area contributed by atoms with Gasteiger partial charge in [0.25, 0.3) is 11.8 Å². The highest BCUT2D eigenvalue weighted by molar-refractivity contribution is 7.90. The van der Waals surface area contributed by atoms with Gasteiger partial charge >= 0.3 is 0 Å². The summed E-state index contributed by atoms with van der Waals surface area (Å²) < 4.78 is 34.5. The Bertz CT molecular complexity index is 1420. The Morgan fingerprint density at radius 2 is 1.65 bits per heavy atom. The second-order valence-electron chi connectivity index (χ2n) is 7.82. The van der Waals surface area contributed by atoms with Gasteiger partial charge in [-0.3, -0.25) is 4.79 Å². The van der Waals surface area contributed by atoms with Crippen molar-refractivity contribution in [3.8, 4) is 28.6 Å². The highest BCUT2D eigenvalue weighted by Gasteiger charge is 2.17. The molecule has 34 heavy (non-hydrogen) atoms. The van der Waals surface area contributed by atoms with Gasteiger partial charge in [-0.05, 0) is 61.4 Å². The molecule has 0 saturated carbocycles. The summed E-state index contributed by atoms with van der Waals surface area (Å²) in [5.41, 5.74) is 3.85. The van der Waals surface area contributed by atoms with E-state index in [0.29, 0.717) is 22.7 Å². The lowest BCUT2D eigenvalue weighted by Crippen LogP contribution is -2.21. The predicted octanol–water partition coefficient (Wildman–Crippen LogP) is 4.44. The van der Waals surface area contributed by atoms with Gasteiger partial charge in [-0.25, -0.2) is 8.42 Å². The van der Waals surface area contributed by atoms with Gasteiger partial charge in [-0.15, -0.1) is 0 Å². The second-order valence-corrected chi connectivity index (χ2v) is 9.84. The van der Waals surface area contributed by atoms with E-state index in [1.165, 1.54) is 12.1 Å². The molecule has 0 saturated heterocycles. The van der Waals surface area contributed by atoms with Gasteiger partial charge in [0.1, 0.15) is 5.75 Å². The van der Waals surface area contributed by atoms with Crippen LogP contribution in [0.25, 0.3) is 22.8 Å². The molecule has 0 aliphatic rings.